The Balaban J connectivity index is 1.86. The van der Waals surface area contributed by atoms with E-state index in [0.717, 1.165) is 17.6 Å². The zero-order valence-corrected chi connectivity index (χ0v) is 12.2. The Morgan fingerprint density at radius 3 is 2.88 bits per heavy atom. The molecule has 0 saturated carbocycles. The molecule has 2 aromatic heterocycles. The second-order valence-electron chi connectivity index (χ2n) is 4.44. The van der Waals surface area contributed by atoms with Gasteiger partial charge in [-0.1, -0.05) is 44.4 Å². The minimum atomic E-state index is 0.718. The molecule has 17 heavy (non-hydrogen) atoms. The summed E-state index contributed by atoms with van der Waals surface area (Å²) in [4.78, 5) is 0. The first-order valence-electron chi connectivity index (χ1n) is 6.43. The molecule has 0 radical (unpaired) electrons. The molecule has 2 aromatic rings. The molecule has 0 spiro atoms. The van der Waals surface area contributed by atoms with Crippen LogP contribution < -0.4 is 4.74 Å². The van der Waals surface area contributed by atoms with Gasteiger partial charge in [0, 0.05) is 15.5 Å². The van der Waals surface area contributed by atoms with Gasteiger partial charge in [-0.05, 0) is 23.8 Å². The lowest BCUT2D eigenvalue weighted by Gasteiger charge is -2.14. The number of fused-ring (bicyclic) bond motifs is 1. The van der Waals surface area contributed by atoms with Crippen LogP contribution in [0, 0.1) is 5.92 Å². The van der Waals surface area contributed by atoms with Crippen LogP contribution in [0.15, 0.2) is 17.5 Å². The molecule has 2 heterocycles. The van der Waals surface area contributed by atoms with Crippen molar-refractivity contribution in [2.45, 2.75) is 39.5 Å². The molecule has 1 unspecified atom stereocenters. The van der Waals surface area contributed by atoms with Crippen LogP contribution in [0.4, 0.5) is 0 Å². The maximum atomic E-state index is 5.92. The Morgan fingerprint density at radius 2 is 2.18 bits per heavy atom. The molecule has 0 aliphatic carbocycles. The first-order chi connectivity index (χ1) is 8.33. The van der Waals surface area contributed by atoms with Gasteiger partial charge in [0.25, 0.3) is 0 Å². The summed E-state index contributed by atoms with van der Waals surface area (Å²) in [6.45, 7) is 5.39. The summed E-state index contributed by atoms with van der Waals surface area (Å²) in [5.41, 5.74) is 0. The molecular weight excluding hydrogens is 248 g/mol. The highest BCUT2D eigenvalue weighted by Gasteiger charge is 2.09. The number of hydrogen-bond acceptors (Lipinski definition) is 3. The Morgan fingerprint density at radius 1 is 1.29 bits per heavy atom. The first kappa shape index (κ1) is 12.9. The highest BCUT2D eigenvalue weighted by Crippen LogP contribution is 2.35. The molecule has 94 valence electrons. The summed E-state index contributed by atoms with van der Waals surface area (Å²) in [5, 5.41) is 3.22. The second kappa shape index (κ2) is 6.41. The van der Waals surface area contributed by atoms with Crippen molar-refractivity contribution < 1.29 is 4.74 Å². The van der Waals surface area contributed by atoms with E-state index in [2.05, 4.69) is 31.4 Å². The fourth-order valence-corrected chi connectivity index (χ4v) is 3.87. The molecule has 0 saturated heterocycles. The van der Waals surface area contributed by atoms with Crippen LogP contribution in [0.5, 0.6) is 5.06 Å². The summed E-state index contributed by atoms with van der Waals surface area (Å²) in [7, 11) is 0. The Bertz CT molecular complexity index is 415. The minimum absolute atomic E-state index is 0.718. The average molecular weight is 268 g/mol. The molecule has 0 N–H and O–H groups in total. The van der Waals surface area contributed by atoms with Crippen molar-refractivity contribution >= 4 is 32.1 Å². The van der Waals surface area contributed by atoms with Gasteiger partial charge in [-0.2, -0.15) is 0 Å². The molecule has 0 aliphatic heterocycles. The molecule has 0 bridgehead atoms. The van der Waals surface area contributed by atoms with Crippen LogP contribution >= 0.6 is 22.7 Å². The molecule has 0 aromatic carbocycles. The average Bonchev–Trinajstić information content (AvgIpc) is 2.89. The van der Waals surface area contributed by atoms with Crippen molar-refractivity contribution in [1.29, 1.82) is 0 Å². The second-order valence-corrected chi connectivity index (χ2v) is 6.44. The molecule has 0 amide bonds. The van der Waals surface area contributed by atoms with Crippen LogP contribution in [-0.4, -0.2) is 6.61 Å². The molecule has 2 rings (SSSR count). The summed E-state index contributed by atoms with van der Waals surface area (Å²) in [6, 6.07) is 4.35. The fourth-order valence-electron chi connectivity index (χ4n) is 1.91. The largest absolute Gasteiger partial charge is 0.484 e. The zero-order valence-electron chi connectivity index (χ0n) is 10.6. The lowest BCUT2D eigenvalue weighted by molar-refractivity contribution is 0.239. The molecule has 3 heteroatoms. The standard InChI is InChI=1S/C14H20OS2/c1-3-5-6-11(4-2)10-15-14-9-13-12(17-14)7-8-16-13/h7-9,11H,3-6,10H2,1-2H3. The predicted octanol–water partition coefficient (Wildman–Crippen LogP) is 5.56. The van der Waals surface area contributed by atoms with E-state index in [-0.39, 0.29) is 0 Å². The van der Waals surface area contributed by atoms with Gasteiger partial charge in [0.15, 0.2) is 5.06 Å². The lowest BCUT2D eigenvalue weighted by Crippen LogP contribution is -2.10. The topological polar surface area (TPSA) is 9.23 Å². The third-order valence-corrected chi connectivity index (χ3v) is 5.13. The van der Waals surface area contributed by atoms with Crippen molar-refractivity contribution in [3.8, 4) is 5.06 Å². The van der Waals surface area contributed by atoms with Gasteiger partial charge in [-0.25, -0.2) is 0 Å². The fraction of sp³-hybridized carbons (Fsp3) is 0.571. The quantitative estimate of drug-likeness (QED) is 0.639. The summed E-state index contributed by atoms with van der Waals surface area (Å²) in [6.07, 6.45) is 5.12. The van der Waals surface area contributed by atoms with Gasteiger partial charge in [0.2, 0.25) is 0 Å². The summed E-state index contributed by atoms with van der Waals surface area (Å²) < 4.78 is 8.63. The summed E-state index contributed by atoms with van der Waals surface area (Å²) in [5.74, 6) is 0.718. The molecule has 1 atom stereocenters. The maximum Gasteiger partial charge on any atom is 0.175 e. The van der Waals surface area contributed by atoms with Crippen molar-refractivity contribution in [2.75, 3.05) is 6.61 Å². The van der Waals surface area contributed by atoms with E-state index in [4.69, 9.17) is 4.74 Å². The number of thiophene rings is 2. The van der Waals surface area contributed by atoms with E-state index in [0.29, 0.717) is 0 Å². The normalized spacial score (nSPS) is 13.1. The summed E-state index contributed by atoms with van der Waals surface area (Å²) >= 11 is 3.56. The van der Waals surface area contributed by atoms with Crippen LogP contribution in [-0.2, 0) is 0 Å². The van der Waals surface area contributed by atoms with Gasteiger partial charge >= 0.3 is 0 Å². The van der Waals surface area contributed by atoms with Gasteiger partial charge in [0.1, 0.15) is 0 Å². The predicted molar refractivity (Wildman–Crippen MR) is 78.5 cm³/mol. The van der Waals surface area contributed by atoms with Crippen LogP contribution in [0.1, 0.15) is 39.5 Å². The third kappa shape index (κ3) is 3.46. The van der Waals surface area contributed by atoms with Crippen LogP contribution in [0.25, 0.3) is 9.40 Å². The minimum Gasteiger partial charge on any atom is -0.484 e. The Kier molecular flexibility index (Phi) is 4.86. The van der Waals surface area contributed by atoms with Gasteiger partial charge in [0.05, 0.1) is 6.61 Å². The molecular formula is C14H20OS2. The van der Waals surface area contributed by atoms with E-state index in [1.165, 1.54) is 35.1 Å². The van der Waals surface area contributed by atoms with Crippen LogP contribution in [0.3, 0.4) is 0 Å². The number of rotatable bonds is 7. The molecule has 1 nitrogen and oxygen atoms in total. The van der Waals surface area contributed by atoms with Gasteiger partial charge in [-0.15, -0.1) is 11.3 Å². The monoisotopic (exact) mass is 268 g/mol. The highest BCUT2D eigenvalue weighted by atomic mass is 32.1. The smallest absolute Gasteiger partial charge is 0.175 e. The molecule has 0 aliphatic rings. The van der Waals surface area contributed by atoms with Crippen LogP contribution in [0.2, 0.25) is 0 Å². The first-order valence-corrected chi connectivity index (χ1v) is 8.13. The Hall–Kier alpha value is -0.540. The number of ether oxygens (including phenoxy) is 1. The van der Waals surface area contributed by atoms with E-state index in [1.807, 2.05) is 0 Å². The third-order valence-electron chi connectivity index (χ3n) is 3.12. The molecule has 0 fully saturated rings. The van der Waals surface area contributed by atoms with Gasteiger partial charge < -0.3 is 4.74 Å². The SMILES string of the molecule is CCCCC(CC)COc1cc2sccc2s1. The van der Waals surface area contributed by atoms with Crippen molar-refractivity contribution in [3.63, 3.8) is 0 Å². The number of unbranched alkanes of at least 4 members (excludes halogenated alkanes) is 1. The maximum absolute atomic E-state index is 5.92. The number of hydrogen-bond donors (Lipinski definition) is 0. The van der Waals surface area contributed by atoms with E-state index in [1.54, 1.807) is 22.7 Å². The van der Waals surface area contributed by atoms with Gasteiger partial charge in [-0.3, -0.25) is 0 Å². The highest BCUT2D eigenvalue weighted by molar-refractivity contribution is 7.27. The van der Waals surface area contributed by atoms with Crippen molar-refractivity contribution in [3.05, 3.63) is 17.5 Å². The van der Waals surface area contributed by atoms with E-state index >= 15 is 0 Å². The van der Waals surface area contributed by atoms with Crippen molar-refractivity contribution in [1.82, 2.24) is 0 Å². The van der Waals surface area contributed by atoms with Crippen molar-refractivity contribution in [2.24, 2.45) is 5.92 Å². The van der Waals surface area contributed by atoms with E-state index in [9.17, 15) is 0 Å². The zero-order chi connectivity index (χ0) is 12.1. The Labute approximate surface area is 111 Å². The van der Waals surface area contributed by atoms with E-state index < -0.39 is 0 Å². The lowest BCUT2D eigenvalue weighted by atomic mass is 10.0.